The molecule has 0 radical (unpaired) electrons. The highest BCUT2D eigenvalue weighted by molar-refractivity contribution is 9.10. The fourth-order valence-electron chi connectivity index (χ4n) is 2.08. The number of ether oxygens (including phenoxy) is 1. The molecule has 5 heteroatoms. The maximum absolute atomic E-state index is 13.1. The number of rotatable bonds is 3. The average Bonchev–Trinajstić information content (AvgIpc) is 2.82. The lowest BCUT2D eigenvalue weighted by molar-refractivity contribution is -0.129. The zero-order chi connectivity index (χ0) is 13.1. The highest BCUT2D eigenvalue weighted by Crippen LogP contribution is 2.19. The normalized spacial score (nSPS) is 19.3. The van der Waals surface area contributed by atoms with Gasteiger partial charge in [-0.2, -0.15) is 0 Å². The van der Waals surface area contributed by atoms with Crippen molar-refractivity contribution in [2.24, 2.45) is 0 Å². The van der Waals surface area contributed by atoms with Crippen LogP contribution in [0.2, 0.25) is 0 Å². The number of hydrogen-bond acceptors (Lipinski definition) is 2. The number of hydrogen-bond donors (Lipinski definition) is 0. The van der Waals surface area contributed by atoms with Gasteiger partial charge < -0.3 is 9.64 Å². The Balaban J connectivity index is 1.97. The highest BCUT2D eigenvalue weighted by atomic mass is 79.9. The zero-order valence-electron chi connectivity index (χ0n) is 10.2. The lowest BCUT2D eigenvalue weighted by atomic mass is 10.1. The number of methoxy groups -OCH3 is 1. The molecule has 1 aliphatic rings. The molecule has 1 atom stereocenters. The van der Waals surface area contributed by atoms with E-state index in [1.807, 2.05) is 0 Å². The van der Waals surface area contributed by atoms with Gasteiger partial charge in [0.05, 0.1) is 17.0 Å². The Morgan fingerprint density at radius 1 is 1.61 bits per heavy atom. The molecule has 98 valence electrons. The molecule has 1 heterocycles. The highest BCUT2D eigenvalue weighted by Gasteiger charge is 2.25. The van der Waals surface area contributed by atoms with E-state index >= 15 is 0 Å². The fourth-order valence-corrected chi connectivity index (χ4v) is 2.51. The quantitative estimate of drug-likeness (QED) is 0.857. The van der Waals surface area contributed by atoms with E-state index in [-0.39, 0.29) is 17.8 Å². The van der Waals surface area contributed by atoms with Crippen molar-refractivity contribution >= 4 is 21.8 Å². The van der Waals surface area contributed by atoms with Crippen LogP contribution in [0.4, 0.5) is 4.39 Å². The van der Waals surface area contributed by atoms with Gasteiger partial charge in [0.15, 0.2) is 0 Å². The third-order valence-electron chi connectivity index (χ3n) is 3.17. The number of amides is 1. The number of carbonyl (C=O) groups excluding carboxylic acids is 1. The van der Waals surface area contributed by atoms with Crippen LogP contribution >= 0.6 is 15.9 Å². The molecular formula is C13H15BrFNO2. The molecule has 0 bridgehead atoms. The van der Waals surface area contributed by atoms with E-state index in [4.69, 9.17) is 4.74 Å². The molecule has 0 aromatic heterocycles. The topological polar surface area (TPSA) is 29.5 Å². The summed E-state index contributed by atoms with van der Waals surface area (Å²) in [6.07, 6.45) is 1.33. The molecule has 0 N–H and O–H groups in total. The number of benzene rings is 1. The van der Waals surface area contributed by atoms with Crippen LogP contribution in [0.1, 0.15) is 12.0 Å². The Morgan fingerprint density at radius 3 is 3.00 bits per heavy atom. The maximum atomic E-state index is 13.1. The van der Waals surface area contributed by atoms with Gasteiger partial charge in [-0.3, -0.25) is 4.79 Å². The van der Waals surface area contributed by atoms with Crippen LogP contribution in [-0.4, -0.2) is 37.1 Å². The molecule has 1 aromatic carbocycles. The monoisotopic (exact) mass is 315 g/mol. The van der Waals surface area contributed by atoms with Crippen LogP contribution in [0.5, 0.6) is 0 Å². The van der Waals surface area contributed by atoms with Gasteiger partial charge in [0.2, 0.25) is 5.91 Å². The van der Waals surface area contributed by atoms with Crippen LogP contribution in [0.15, 0.2) is 22.7 Å². The first-order valence-electron chi connectivity index (χ1n) is 5.84. The second-order valence-corrected chi connectivity index (χ2v) is 5.27. The molecule has 1 unspecified atom stereocenters. The second-order valence-electron chi connectivity index (χ2n) is 4.41. The van der Waals surface area contributed by atoms with Gasteiger partial charge in [0.1, 0.15) is 5.82 Å². The predicted molar refractivity (Wildman–Crippen MR) is 69.8 cm³/mol. The lowest BCUT2D eigenvalue weighted by Gasteiger charge is -2.16. The van der Waals surface area contributed by atoms with Gasteiger partial charge >= 0.3 is 0 Å². The second kappa shape index (κ2) is 5.80. The summed E-state index contributed by atoms with van der Waals surface area (Å²) >= 11 is 3.12. The molecule has 1 aromatic rings. The van der Waals surface area contributed by atoms with Crippen molar-refractivity contribution < 1.29 is 13.9 Å². The Bertz CT molecular complexity index is 453. The van der Waals surface area contributed by atoms with E-state index in [2.05, 4.69) is 15.9 Å². The summed E-state index contributed by atoms with van der Waals surface area (Å²) in [7, 11) is 1.66. The summed E-state index contributed by atoms with van der Waals surface area (Å²) in [5.74, 6) is -0.250. The summed E-state index contributed by atoms with van der Waals surface area (Å²) in [6.45, 7) is 1.39. The SMILES string of the molecule is COC1CCN(C(=O)Cc2ccc(F)c(Br)c2)C1. The van der Waals surface area contributed by atoms with Crippen LogP contribution in [0.3, 0.4) is 0 Å². The molecule has 1 amide bonds. The number of nitrogens with zero attached hydrogens (tertiary/aromatic N) is 1. The molecule has 0 spiro atoms. The zero-order valence-corrected chi connectivity index (χ0v) is 11.7. The van der Waals surface area contributed by atoms with Crippen molar-refractivity contribution in [3.63, 3.8) is 0 Å². The minimum atomic E-state index is -0.313. The summed E-state index contributed by atoms with van der Waals surface area (Å²) < 4.78 is 18.7. The third kappa shape index (κ3) is 3.09. The van der Waals surface area contributed by atoms with E-state index in [1.54, 1.807) is 24.1 Å². The molecule has 18 heavy (non-hydrogen) atoms. The molecule has 3 nitrogen and oxygen atoms in total. The number of halogens is 2. The maximum Gasteiger partial charge on any atom is 0.227 e. The van der Waals surface area contributed by atoms with Crippen molar-refractivity contribution in [2.45, 2.75) is 18.9 Å². The average molecular weight is 316 g/mol. The Morgan fingerprint density at radius 2 is 2.39 bits per heavy atom. The summed E-state index contributed by atoms with van der Waals surface area (Å²) in [5.41, 5.74) is 0.814. The summed E-state index contributed by atoms with van der Waals surface area (Å²) in [4.78, 5) is 13.8. The van der Waals surface area contributed by atoms with Crippen LogP contribution in [0, 0.1) is 5.82 Å². The fraction of sp³-hybridized carbons (Fsp3) is 0.462. The Hall–Kier alpha value is -0.940. The Kier molecular flexibility index (Phi) is 4.35. The molecule has 1 aliphatic heterocycles. The van der Waals surface area contributed by atoms with Gasteiger partial charge in [-0.25, -0.2) is 4.39 Å². The minimum absolute atomic E-state index is 0.0630. The molecular weight excluding hydrogens is 301 g/mol. The van der Waals surface area contributed by atoms with Crippen molar-refractivity contribution in [1.29, 1.82) is 0 Å². The van der Waals surface area contributed by atoms with Crippen LogP contribution in [-0.2, 0) is 16.0 Å². The third-order valence-corrected chi connectivity index (χ3v) is 3.78. The largest absolute Gasteiger partial charge is 0.380 e. The van der Waals surface area contributed by atoms with E-state index in [1.165, 1.54) is 6.07 Å². The van der Waals surface area contributed by atoms with Gasteiger partial charge in [-0.05, 0) is 40.0 Å². The van der Waals surface area contributed by atoms with Crippen LogP contribution in [0.25, 0.3) is 0 Å². The van der Waals surface area contributed by atoms with E-state index in [9.17, 15) is 9.18 Å². The number of likely N-dealkylation sites (tertiary alicyclic amines) is 1. The van der Waals surface area contributed by atoms with E-state index in [0.717, 1.165) is 18.5 Å². The first-order valence-corrected chi connectivity index (χ1v) is 6.64. The summed E-state index contributed by atoms with van der Waals surface area (Å²) in [6, 6.07) is 4.66. The smallest absolute Gasteiger partial charge is 0.227 e. The van der Waals surface area contributed by atoms with Crippen molar-refractivity contribution in [3.8, 4) is 0 Å². The molecule has 1 fully saturated rings. The molecule has 2 rings (SSSR count). The van der Waals surface area contributed by atoms with Crippen molar-refractivity contribution in [3.05, 3.63) is 34.1 Å². The van der Waals surface area contributed by atoms with E-state index < -0.39 is 0 Å². The van der Waals surface area contributed by atoms with Gasteiger partial charge in [0.25, 0.3) is 0 Å². The van der Waals surface area contributed by atoms with Crippen molar-refractivity contribution in [1.82, 2.24) is 4.90 Å². The predicted octanol–water partition coefficient (Wildman–Crippen LogP) is 2.38. The first-order chi connectivity index (χ1) is 8.60. The Labute approximate surface area is 114 Å². The van der Waals surface area contributed by atoms with Crippen molar-refractivity contribution in [2.75, 3.05) is 20.2 Å². The molecule has 0 saturated carbocycles. The summed E-state index contributed by atoms with van der Waals surface area (Å²) in [5, 5.41) is 0. The standard InChI is InChI=1S/C13H15BrFNO2/c1-18-10-4-5-16(8-10)13(17)7-9-2-3-12(15)11(14)6-9/h2-3,6,10H,4-5,7-8H2,1H3. The molecule has 0 aliphatic carbocycles. The van der Waals surface area contributed by atoms with Crippen LogP contribution < -0.4 is 0 Å². The van der Waals surface area contributed by atoms with Gasteiger partial charge in [-0.1, -0.05) is 6.07 Å². The lowest BCUT2D eigenvalue weighted by Crippen LogP contribution is -2.31. The van der Waals surface area contributed by atoms with Gasteiger partial charge in [0, 0.05) is 20.2 Å². The first kappa shape index (κ1) is 13.5. The van der Waals surface area contributed by atoms with E-state index in [0.29, 0.717) is 17.4 Å². The minimum Gasteiger partial charge on any atom is -0.380 e. The molecule has 1 saturated heterocycles. The van der Waals surface area contributed by atoms with Gasteiger partial charge in [-0.15, -0.1) is 0 Å². The number of carbonyl (C=O) groups is 1.